The van der Waals surface area contributed by atoms with Gasteiger partial charge in [0.2, 0.25) is 0 Å². The van der Waals surface area contributed by atoms with E-state index in [9.17, 15) is 27.2 Å². The Bertz CT molecular complexity index is 1620. The fourth-order valence-electron chi connectivity index (χ4n) is 3.87. The second-order valence-electron chi connectivity index (χ2n) is 10.4. The van der Waals surface area contributed by atoms with Gasteiger partial charge in [-0.25, -0.2) is 41.9 Å². The van der Waals surface area contributed by atoms with Gasteiger partial charge in [-0.1, -0.05) is 59.7 Å². The molecule has 0 aromatic heterocycles. The average Bonchev–Trinajstić information content (AvgIpc) is 3.85. The maximum absolute atomic E-state index is 13.3. The first-order chi connectivity index (χ1) is 23.1. The van der Waals surface area contributed by atoms with Crippen LogP contribution in [0.4, 0.5) is 28.9 Å². The third-order valence-corrected chi connectivity index (χ3v) is 6.52. The van der Waals surface area contributed by atoms with Crippen molar-refractivity contribution >= 4 is 22.9 Å². The van der Waals surface area contributed by atoms with Crippen LogP contribution in [0.5, 0.6) is 0 Å². The number of anilines is 2. The summed E-state index contributed by atoms with van der Waals surface area (Å²) in [6, 6.07) is 22.6. The average molecular weight is 699 g/mol. The molecule has 0 heterocycles. The molecule has 6 rings (SSSR count). The van der Waals surface area contributed by atoms with Gasteiger partial charge in [0.05, 0.1) is 13.1 Å². The molecule has 0 saturated carbocycles. The van der Waals surface area contributed by atoms with Crippen molar-refractivity contribution in [3.63, 3.8) is 0 Å². The second kappa shape index (κ2) is 22.0. The first kappa shape index (κ1) is 40.4. The number of nitrogens with one attached hydrogen (secondary N) is 2. The molecular formula is C40H34F4N2O2Ti. The molecule has 49 heavy (non-hydrogen) atoms. The zero-order chi connectivity index (χ0) is 34.7. The maximum Gasteiger partial charge on any atom is 4.00 e. The summed E-state index contributed by atoms with van der Waals surface area (Å²) >= 11 is 0. The number of hydrogen-bond acceptors (Lipinski definition) is 4. The van der Waals surface area contributed by atoms with Gasteiger partial charge in [-0.15, -0.1) is 49.2 Å². The number of halogens is 4. The molecule has 2 N–H and O–H groups in total. The SMILES string of the molecule is Cc1ccc(C(=O)CNc2ccc(F)[c-]c2F)cc1.Cc1ccc(C(=O)CNc2ccc(F)[c-]c2F)cc1.[C-]1=CC=CC1.[C-]1=CC=CC1.[Ti+4]. The Hall–Kier alpha value is -4.79. The topological polar surface area (TPSA) is 58.2 Å². The van der Waals surface area contributed by atoms with E-state index in [1.54, 1.807) is 24.3 Å². The van der Waals surface area contributed by atoms with Crippen LogP contribution in [-0.2, 0) is 21.7 Å². The maximum atomic E-state index is 13.3. The van der Waals surface area contributed by atoms with Crippen molar-refractivity contribution in [1.29, 1.82) is 0 Å². The molecular weight excluding hydrogens is 664 g/mol. The van der Waals surface area contributed by atoms with Crippen LogP contribution in [0, 0.1) is 61.4 Å². The molecule has 4 nitrogen and oxygen atoms in total. The fraction of sp³-hybridized carbons (Fsp3) is 0.150. The molecule has 0 bridgehead atoms. The van der Waals surface area contributed by atoms with Crippen LogP contribution >= 0.6 is 0 Å². The number of rotatable bonds is 8. The molecule has 4 aromatic rings. The summed E-state index contributed by atoms with van der Waals surface area (Å²) < 4.78 is 51.9. The molecule has 4 aromatic carbocycles. The van der Waals surface area contributed by atoms with E-state index >= 15 is 0 Å². The predicted molar refractivity (Wildman–Crippen MR) is 182 cm³/mol. The zero-order valence-corrected chi connectivity index (χ0v) is 28.6. The molecule has 0 radical (unpaired) electrons. The summed E-state index contributed by atoms with van der Waals surface area (Å²) in [4.78, 5) is 23.7. The van der Waals surface area contributed by atoms with Crippen molar-refractivity contribution in [1.82, 2.24) is 0 Å². The number of benzene rings is 4. The molecule has 0 atom stereocenters. The van der Waals surface area contributed by atoms with Gasteiger partial charge in [0, 0.05) is 34.4 Å². The van der Waals surface area contributed by atoms with Crippen LogP contribution in [-0.4, -0.2) is 24.7 Å². The summed E-state index contributed by atoms with van der Waals surface area (Å²) in [5.41, 5.74) is 3.32. The Kier molecular flexibility index (Phi) is 18.1. The minimum absolute atomic E-state index is 0. The van der Waals surface area contributed by atoms with Crippen LogP contribution in [0.3, 0.4) is 0 Å². The van der Waals surface area contributed by atoms with E-state index in [4.69, 9.17) is 0 Å². The Morgan fingerprint density at radius 2 is 0.959 bits per heavy atom. The molecule has 248 valence electrons. The zero-order valence-electron chi connectivity index (χ0n) is 27.0. The number of aryl methyl sites for hydroxylation is 2. The van der Waals surface area contributed by atoms with E-state index in [1.165, 1.54) is 12.1 Å². The van der Waals surface area contributed by atoms with Gasteiger partial charge < -0.3 is 10.6 Å². The quantitative estimate of drug-likeness (QED) is 0.0834. The number of carbonyl (C=O) groups excluding carboxylic acids is 2. The first-order valence-corrected chi connectivity index (χ1v) is 15.0. The van der Waals surface area contributed by atoms with Crippen molar-refractivity contribution in [2.24, 2.45) is 0 Å². The van der Waals surface area contributed by atoms with Gasteiger partial charge in [-0.2, -0.15) is 12.2 Å². The molecule has 0 aliphatic heterocycles. The third-order valence-electron chi connectivity index (χ3n) is 6.52. The van der Waals surface area contributed by atoms with Gasteiger partial charge in [0.25, 0.3) is 0 Å². The standard InChI is InChI=1S/2C15H12F2NO.2C5H5.Ti/c2*1-10-2-4-11(5-3-10)15(19)9-18-14-7-6-12(16)8-13(14)17;2*1-2-4-5-3-1;/h2*2-7,18H,9H2,1H3;2*1-3H,4H2;/q4*-1;+4. The van der Waals surface area contributed by atoms with Crippen molar-refractivity contribution in [3.8, 4) is 0 Å². The monoisotopic (exact) mass is 698 g/mol. The number of hydrogen-bond donors (Lipinski definition) is 2. The normalized spacial score (nSPS) is 11.6. The van der Waals surface area contributed by atoms with E-state index in [1.807, 2.05) is 74.5 Å². The van der Waals surface area contributed by atoms with Crippen LogP contribution in [0.15, 0.2) is 109 Å². The van der Waals surface area contributed by atoms with E-state index in [-0.39, 0.29) is 57.7 Å². The summed E-state index contributed by atoms with van der Waals surface area (Å²) in [7, 11) is 0. The number of Topliss-reactive ketones (excluding diaryl/α,β-unsaturated/α-hetero) is 2. The third kappa shape index (κ3) is 15.3. The second-order valence-corrected chi connectivity index (χ2v) is 10.4. The van der Waals surface area contributed by atoms with Crippen molar-refractivity contribution in [3.05, 3.63) is 179 Å². The summed E-state index contributed by atoms with van der Waals surface area (Å²) in [5, 5.41) is 5.26. The first-order valence-electron chi connectivity index (χ1n) is 15.0. The Morgan fingerprint density at radius 1 is 0.592 bits per heavy atom. The molecule has 0 unspecified atom stereocenters. The van der Waals surface area contributed by atoms with Gasteiger partial charge in [-0.05, 0) is 25.2 Å². The van der Waals surface area contributed by atoms with Crippen LogP contribution in [0.1, 0.15) is 44.7 Å². The van der Waals surface area contributed by atoms with Crippen LogP contribution in [0.2, 0.25) is 0 Å². The Balaban J connectivity index is 0.000000260. The predicted octanol–water partition coefficient (Wildman–Crippen LogP) is 9.35. The molecule has 0 amide bonds. The number of carbonyl (C=O) groups is 2. The van der Waals surface area contributed by atoms with Gasteiger partial charge in [0.1, 0.15) is 0 Å². The van der Waals surface area contributed by atoms with Crippen LogP contribution in [0.25, 0.3) is 0 Å². The van der Waals surface area contributed by atoms with E-state index < -0.39 is 23.3 Å². The Labute approximate surface area is 300 Å². The van der Waals surface area contributed by atoms with Gasteiger partial charge in [-0.3, -0.25) is 21.7 Å². The van der Waals surface area contributed by atoms with Crippen molar-refractivity contribution in [2.45, 2.75) is 26.7 Å². The number of allylic oxidation sites excluding steroid dienone is 8. The molecule has 0 fully saturated rings. The van der Waals surface area contributed by atoms with Gasteiger partial charge >= 0.3 is 21.7 Å². The number of ketones is 2. The molecule has 0 saturated heterocycles. The molecule has 2 aliphatic rings. The van der Waals surface area contributed by atoms with Crippen molar-refractivity contribution < 1.29 is 48.9 Å². The summed E-state index contributed by atoms with van der Waals surface area (Å²) in [6.07, 6.45) is 20.0. The van der Waals surface area contributed by atoms with E-state index in [0.29, 0.717) is 11.1 Å². The minimum Gasteiger partial charge on any atom is -0.428 e. The molecule has 2 aliphatic carbocycles. The molecule has 0 spiro atoms. The largest absolute Gasteiger partial charge is 4.00 e. The van der Waals surface area contributed by atoms with Crippen LogP contribution < -0.4 is 10.6 Å². The van der Waals surface area contributed by atoms with E-state index in [0.717, 1.165) is 36.1 Å². The summed E-state index contributed by atoms with van der Waals surface area (Å²) in [6.45, 7) is 3.74. The fourth-order valence-corrected chi connectivity index (χ4v) is 3.87. The Morgan fingerprint density at radius 3 is 1.22 bits per heavy atom. The van der Waals surface area contributed by atoms with E-state index in [2.05, 4.69) is 34.9 Å². The minimum atomic E-state index is -0.836. The molecule has 9 heteroatoms. The smallest absolute Gasteiger partial charge is 0.428 e. The van der Waals surface area contributed by atoms with Gasteiger partial charge in [0.15, 0.2) is 11.6 Å². The van der Waals surface area contributed by atoms with Crippen molar-refractivity contribution in [2.75, 3.05) is 23.7 Å². The summed E-state index contributed by atoms with van der Waals surface area (Å²) in [5.74, 6) is -3.54.